The fourth-order valence-corrected chi connectivity index (χ4v) is 3.55. The van der Waals surface area contributed by atoms with E-state index in [1.807, 2.05) is 0 Å². The van der Waals surface area contributed by atoms with E-state index in [4.69, 9.17) is 29.4 Å². The molecule has 1 rings (SSSR count). The zero-order valence-electron chi connectivity index (χ0n) is 20.6. The first-order valence-corrected chi connectivity index (χ1v) is 12.6. The predicted octanol–water partition coefficient (Wildman–Crippen LogP) is 1.45. The summed E-state index contributed by atoms with van der Waals surface area (Å²) in [6, 6.07) is 4.57. The van der Waals surface area contributed by atoms with Gasteiger partial charge in [-0.25, -0.2) is 17.9 Å². The molecule has 196 valence electrons. The molecule has 1 aromatic rings. The van der Waals surface area contributed by atoms with Crippen molar-refractivity contribution < 1.29 is 36.9 Å². The number of alkyl carbamates (subject to hydrolysis) is 1. The van der Waals surface area contributed by atoms with Crippen LogP contribution in [0.1, 0.15) is 26.3 Å². The maximum atomic E-state index is 12.2. The van der Waals surface area contributed by atoms with E-state index in [1.54, 1.807) is 33.8 Å². The summed E-state index contributed by atoms with van der Waals surface area (Å²) >= 11 is 0. The number of anilines is 1. The Bertz CT molecular complexity index is 828. The molecule has 12 heteroatoms. The molecule has 0 heterocycles. The Kier molecular flexibility index (Phi) is 14.0. The van der Waals surface area contributed by atoms with Crippen molar-refractivity contribution in [1.29, 1.82) is 0 Å². The smallest absolute Gasteiger partial charge is 0.407 e. The van der Waals surface area contributed by atoms with E-state index in [9.17, 15) is 13.2 Å². The summed E-state index contributed by atoms with van der Waals surface area (Å²) in [6.07, 6.45) is -0.469. The van der Waals surface area contributed by atoms with E-state index in [2.05, 4.69) is 10.0 Å². The number of amides is 1. The summed E-state index contributed by atoms with van der Waals surface area (Å²) in [6.45, 7) is 10.6. The van der Waals surface area contributed by atoms with Gasteiger partial charge in [0, 0.05) is 18.8 Å². The van der Waals surface area contributed by atoms with Crippen LogP contribution in [0.15, 0.2) is 23.1 Å². The van der Waals surface area contributed by atoms with Gasteiger partial charge < -0.3 is 34.7 Å². The summed E-state index contributed by atoms with van der Waals surface area (Å²) in [4.78, 5) is 11.6. The standard InChI is InChI=1S/C22H39N3O8S/c1-18-17-19(5-6-20(18)23)34(27,28)25-8-10-30-12-14-32-16-15-31-13-11-29-9-7-24-21(26)33-22(2,3)4/h5-6,17,25H,7-16,23H2,1-4H3,(H,24,26). The first-order valence-electron chi connectivity index (χ1n) is 11.1. The van der Waals surface area contributed by atoms with Gasteiger partial charge in [-0.2, -0.15) is 0 Å². The van der Waals surface area contributed by atoms with Crippen LogP contribution in [0.25, 0.3) is 0 Å². The third kappa shape index (κ3) is 14.3. The maximum absolute atomic E-state index is 12.2. The lowest BCUT2D eigenvalue weighted by atomic mass is 10.2. The van der Waals surface area contributed by atoms with Crippen molar-refractivity contribution in [3.8, 4) is 0 Å². The Morgan fingerprint density at radius 2 is 1.38 bits per heavy atom. The van der Waals surface area contributed by atoms with E-state index < -0.39 is 21.7 Å². The van der Waals surface area contributed by atoms with E-state index in [-0.39, 0.29) is 18.0 Å². The topological polar surface area (TPSA) is 147 Å². The quantitative estimate of drug-likeness (QED) is 0.211. The lowest BCUT2D eigenvalue weighted by Crippen LogP contribution is -2.34. The number of carbonyl (C=O) groups excluding carboxylic acids is 1. The Hall–Kier alpha value is -1.96. The van der Waals surface area contributed by atoms with Crippen molar-refractivity contribution >= 4 is 21.8 Å². The summed E-state index contributed by atoms with van der Waals surface area (Å²) < 4.78 is 53.5. The van der Waals surface area contributed by atoms with Crippen LogP contribution in [0.3, 0.4) is 0 Å². The number of nitrogens with one attached hydrogen (secondary N) is 2. The normalized spacial score (nSPS) is 12.0. The van der Waals surface area contributed by atoms with Crippen molar-refractivity contribution in [2.45, 2.75) is 38.2 Å². The van der Waals surface area contributed by atoms with Crippen molar-refractivity contribution in [1.82, 2.24) is 10.0 Å². The predicted molar refractivity (Wildman–Crippen MR) is 128 cm³/mol. The number of ether oxygens (including phenoxy) is 5. The van der Waals surface area contributed by atoms with Crippen LogP contribution in [-0.4, -0.2) is 86.1 Å². The molecule has 0 saturated heterocycles. The molecule has 0 fully saturated rings. The number of hydrogen-bond donors (Lipinski definition) is 3. The van der Waals surface area contributed by atoms with Crippen molar-refractivity contribution in [3.63, 3.8) is 0 Å². The van der Waals surface area contributed by atoms with Crippen LogP contribution < -0.4 is 15.8 Å². The summed E-state index contributed by atoms with van der Waals surface area (Å²) in [5.74, 6) is 0. The number of rotatable bonds is 17. The van der Waals surface area contributed by atoms with Crippen LogP contribution in [0.5, 0.6) is 0 Å². The molecule has 1 amide bonds. The summed E-state index contributed by atoms with van der Waals surface area (Å²) in [7, 11) is -3.60. The molecule has 0 bridgehead atoms. The molecule has 11 nitrogen and oxygen atoms in total. The Morgan fingerprint density at radius 1 is 0.882 bits per heavy atom. The molecular formula is C22H39N3O8S. The average molecular weight is 506 g/mol. The van der Waals surface area contributed by atoms with Gasteiger partial charge in [-0.1, -0.05) is 0 Å². The maximum Gasteiger partial charge on any atom is 0.407 e. The molecule has 1 aromatic carbocycles. The van der Waals surface area contributed by atoms with Crippen molar-refractivity contribution in [3.05, 3.63) is 23.8 Å². The second kappa shape index (κ2) is 15.8. The molecule has 0 aromatic heterocycles. The van der Waals surface area contributed by atoms with Crippen molar-refractivity contribution in [2.24, 2.45) is 0 Å². The molecule has 0 radical (unpaired) electrons. The molecule has 0 unspecified atom stereocenters. The van der Waals surface area contributed by atoms with E-state index in [0.29, 0.717) is 64.0 Å². The molecule has 0 aliphatic rings. The zero-order valence-corrected chi connectivity index (χ0v) is 21.4. The number of carbonyl (C=O) groups is 1. The van der Waals surface area contributed by atoms with E-state index in [0.717, 1.165) is 0 Å². The van der Waals surface area contributed by atoms with Crippen molar-refractivity contribution in [2.75, 3.05) is 71.7 Å². The number of nitrogens with two attached hydrogens (primary N) is 1. The van der Waals surface area contributed by atoms with E-state index in [1.165, 1.54) is 12.1 Å². The van der Waals surface area contributed by atoms with Gasteiger partial charge in [0.25, 0.3) is 0 Å². The van der Waals surface area contributed by atoms with Gasteiger partial charge in [0.05, 0.1) is 57.8 Å². The number of hydrogen-bond acceptors (Lipinski definition) is 9. The monoisotopic (exact) mass is 505 g/mol. The minimum atomic E-state index is -3.60. The van der Waals surface area contributed by atoms with Crippen LogP contribution >= 0.6 is 0 Å². The Labute approximate surface area is 202 Å². The van der Waals surface area contributed by atoms with Gasteiger partial charge in [0.1, 0.15) is 5.60 Å². The van der Waals surface area contributed by atoms with Gasteiger partial charge in [-0.3, -0.25) is 0 Å². The van der Waals surface area contributed by atoms with Crippen LogP contribution in [-0.2, 0) is 33.7 Å². The SMILES string of the molecule is Cc1cc(S(=O)(=O)NCCOCCOCCOCCOCCNC(=O)OC(C)(C)C)ccc1N. The highest BCUT2D eigenvalue weighted by atomic mass is 32.2. The number of aryl methyl sites for hydroxylation is 1. The lowest BCUT2D eigenvalue weighted by Gasteiger charge is -2.19. The molecule has 0 atom stereocenters. The number of sulfonamides is 1. The molecule has 0 spiro atoms. The van der Waals surface area contributed by atoms with Gasteiger partial charge in [-0.05, 0) is 51.5 Å². The summed E-state index contributed by atoms with van der Waals surface area (Å²) in [5.41, 5.74) is 6.45. The second-order valence-electron chi connectivity index (χ2n) is 8.29. The van der Waals surface area contributed by atoms with Gasteiger partial charge in [0.15, 0.2) is 0 Å². The highest BCUT2D eigenvalue weighted by molar-refractivity contribution is 7.89. The Morgan fingerprint density at radius 3 is 1.88 bits per heavy atom. The average Bonchev–Trinajstić information content (AvgIpc) is 2.74. The summed E-state index contributed by atoms with van der Waals surface area (Å²) in [5, 5.41) is 2.60. The van der Waals surface area contributed by atoms with E-state index >= 15 is 0 Å². The van der Waals surface area contributed by atoms with Crippen LogP contribution in [0.4, 0.5) is 10.5 Å². The minimum absolute atomic E-state index is 0.155. The molecular weight excluding hydrogens is 466 g/mol. The van der Waals surface area contributed by atoms with Crippen LogP contribution in [0, 0.1) is 6.92 Å². The molecule has 0 saturated carbocycles. The highest BCUT2D eigenvalue weighted by Gasteiger charge is 2.15. The minimum Gasteiger partial charge on any atom is -0.444 e. The third-order valence-corrected chi connectivity index (χ3v) is 5.58. The zero-order chi connectivity index (χ0) is 25.5. The fraction of sp³-hybridized carbons (Fsp3) is 0.682. The molecule has 0 aliphatic heterocycles. The second-order valence-corrected chi connectivity index (χ2v) is 10.1. The Balaban J connectivity index is 1.90. The highest BCUT2D eigenvalue weighted by Crippen LogP contribution is 2.16. The first-order chi connectivity index (χ1) is 16.0. The number of benzene rings is 1. The largest absolute Gasteiger partial charge is 0.444 e. The van der Waals surface area contributed by atoms with Gasteiger partial charge in [0.2, 0.25) is 10.0 Å². The molecule has 0 aliphatic carbocycles. The molecule has 4 N–H and O–H groups in total. The first kappa shape index (κ1) is 30.1. The van der Waals surface area contributed by atoms with Gasteiger partial charge >= 0.3 is 6.09 Å². The molecule has 34 heavy (non-hydrogen) atoms. The van der Waals surface area contributed by atoms with Gasteiger partial charge in [-0.15, -0.1) is 0 Å². The van der Waals surface area contributed by atoms with Crippen LogP contribution in [0.2, 0.25) is 0 Å². The third-order valence-electron chi connectivity index (χ3n) is 4.12. The lowest BCUT2D eigenvalue weighted by molar-refractivity contribution is -0.00119. The number of nitrogen functional groups attached to an aromatic ring is 1. The fourth-order valence-electron chi connectivity index (χ4n) is 2.45.